The van der Waals surface area contributed by atoms with E-state index >= 15 is 0 Å². The first-order valence-corrected chi connectivity index (χ1v) is 40.9. The molecule has 11 aromatic rings. The second kappa shape index (κ2) is 94.7. The van der Waals surface area contributed by atoms with Gasteiger partial charge in [0.15, 0.2) is 11.5 Å². The third-order valence-corrected chi connectivity index (χ3v) is 9.53. The minimum atomic E-state index is 0.435. The van der Waals surface area contributed by atoms with Crippen LogP contribution in [0.3, 0.4) is 0 Å². The van der Waals surface area contributed by atoms with Gasteiger partial charge in [-0.1, -0.05) is 351 Å². The largest absolute Gasteiger partial charge is 0.486 e. The van der Waals surface area contributed by atoms with Crippen LogP contribution in [0.2, 0.25) is 0 Å². The Morgan fingerprint density at radius 1 is 0.287 bits per heavy atom. The Hall–Kier alpha value is -8.38. The molecule has 12 heteroatoms. The lowest BCUT2D eigenvalue weighted by Gasteiger charge is -2.17. The topological polar surface area (TPSA) is 116 Å². The molecule has 0 radical (unpaired) electrons. The van der Waals surface area contributed by atoms with Crippen molar-refractivity contribution in [3.05, 3.63) is 232 Å². The summed E-state index contributed by atoms with van der Waals surface area (Å²) in [6, 6.07) is 58.7. The molecule has 616 valence electrons. The first-order valence-electron chi connectivity index (χ1n) is 40.9. The average Bonchev–Trinajstić information content (AvgIpc) is 1.72. The fourth-order valence-electron chi connectivity index (χ4n) is 6.14. The fraction of sp³-hybridized carbons (Fsp3) is 0.521. The van der Waals surface area contributed by atoms with Crippen LogP contribution in [0.5, 0.6) is 11.5 Å². The molecule has 0 bridgehead atoms. The summed E-state index contributed by atoms with van der Waals surface area (Å²) < 4.78 is 18.2. The summed E-state index contributed by atoms with van der Waals surface area (Å²) in [5.74, 6) is 6.71. The molecule has 0 N–H and O–H groups in total. The number of hydrogen-bond donors (Lipinski definition) is 0. The Labute approximate surface area is 668 Å². The first-order chi connectivity index (χ1) is 51.7. The van der Waals surface area contributed by atoms with Gasteiger partial charge in [0.2, 0.25) is 0 Å². The highest BCUT2D eigenvalue weighted by Gasteiger charge is 2.08. The number of nitrogens with zero attached hydrogens (tertiary/aromatic N) is 10. The van der Waals surface area contributed by atoms with Crippen molar-refractivity contribution in [2.75, 3.05) is 13.2 Å². The number of aromatic nitrogens is 10. The predicted octanol–water partition coefficient (Wildman–Crippen LogP) is 30.7. The quantitative estimate of drug-likeness (QED) is 0.168. The standard InChI is InChI=1S/C10H12N2.C9H7N.C8H8N2.C8H8O2.C6H10N2.C6H6.C5H5N.C4H6N2.6C4H10.8C2H6/c1-8(2)12-10-6-4-3-5-9(10)7-11-12;1-2-6-9-8(4-1)5-3-7-10-9;1-10-8-5-3-2-4-7(8)6-9-10;1-2-4-8-7(3-1)9-5-6-10-8;1-6(2)8-5-3-4-7-8;2*1-2-4-6-5-3-1;1-6-4-2-3-5-6;6*1-4(2)3;8*1-2/h3-8H,1-2H3;1-7H;2-6H,1H3;1-4H,5-6H2;3-6H,1-2H3;1-6H;1-5H;2-4H,1H3;6*4H,1-3H3;8*1-2H3. The lowest BCUT2D eigenvalue weighted by Crippen LogP contribution is -2.14. The van der Waals surface area contributed by atoms with Crippen molar-refractivity contribution in [1.82, 2.24) is 49.1 Å². The summed E-state index contributed by atoms with van der Waals surface area (Å²) in [5, 5.41) is 19.9. The van der Waals surface area contributed by atoms with E-state index in [1.165, 1.54) is 27.2 Å². The highest BCUT2D eigenvalue weighted by atomic mass is 16.6. The second-order valence-corrected chi connectivity index (χ2v) is 25.7. The Kier molecular flexibility index (Phi) is 106. The van der Waals surface area contributed by atoms with Crippen molar-refractivity contribution >= 4 is 32.7 Å². The van der Waals surface area contributed by atoms with E-state index in [1.807, 2.05) is 309 Å². The highest BCUT2D eigenvalue weighted by Crippen LogP contribution is 2.28. The number of rotatable bonds is 2. The summed E-state index contributed by atoms with van der Waals surface area (Å²) in [7, 11) is 3.84. The van der Waals surface area contributed by atoms with Crippen LogP contribution in [0.1, 0.15) is 275 Å². The first kappa shape index (κ1) is 121. The summed E-state index contributed by atoms with van der Waals surface area (Å²) in [5.41, 5.74) is 3.46. The third kappa shape index (κ3) is 88.2. The lowest BCUT2D eigenvalue weighted by atomic mass is 10.2. The molecule has 0 saturated carbocycles. The van der Waals surface area contributed by atoms with Gasteiger partial charge in [-0.05, 0) is 124 Å². The van der Waals surface area contributed by atoms with E-state index in [9.17, 15) is 0 Å². The van der Waals surface area contributed by atoms with Crippen molar-refractivity contribution in [2.45, 2.75) is 275 Å². The van der Waals surface area contributed by atoms with Gasteiger partial charge in [-0.2, -0.15) is 20.4 Å². The number of pyridine rings is 2. The van der Waals surface area contributed by atoms with Gasteiger partial charge in [0.25, 0.3) is 0 Å². The number of hydrogen-bond acceptors (Lipinski definition) is 8. The number of aryl methyl sites for hydroxylation is 2. The molecule has 6 aromatic heterocycles. The van der Waals surface area contributed by atoms with Crippen LogP contribution in [0, 0.1) is 35.5 Å². The molecule has 7 heterocycles. The number of benzene rings is 5. The molecule has 0 fully saturated rings. The molecule has 12 rings (SSSR count). The molecular formula is C96H170N10O2. The normalized spacial score (nSPS) is 9.11. The SMILES string of the molecule is CC.CC.CC.CC.CC.CC.CC.CC.CC(C)C.CC(C)C.CC(C)C.CC(C)C.CC(C)C.CC(C)C.CC(C)n1cccn1.CC(C)n1ncc2ccccc21.Cn1cccn1.Cn1ncc2ccccc21.c1ccc2c(c1)OCCO2.c1ccc2ncccc2c1.c1ccccc1.c1ccncc1. The van der Waals surface area contributed by atoms with Crippen LogP contribution in [-0.4, -0.2) is 62.3 Å². The number of fused-ring (bicyclic) bond motifs is 4. The van der Waals surface area contributed by atoms with Crippen LogP contribution in [0.15, 0.2) is 232 Å². The third-order valence-electron chi connectivity index (χ3n) is 9.53. The molecule has 0 spiro atoms. The van der Waals surface area contributed by atoms with E-state index in [4.69, 9.17) is 9.47 Å². The van der Waals surface area contributed by atoms with Gasteiger partial charge in [0.05, 0.1) is 28.9 Å². The minimum absolute atomic E-state index is 0.435. The summed E-state index contributed by atoms with van der Waals surface area (Å²) >= 11 is 0. The van der Waals surface area contributed by atoms with E-state index in [0.29, 0.717) is 25.3 Å². The summed E-state index contributed by atoms with van der Waals surface area (Å²) in [6.45, 7) is 80.8. The van der Waals surface area contributed by atoms with E-state index in [0.717, 1.165) is 52.5 Å². The van der Waals surface area contributed by atoms with Crippen LogP contribution in [0.25, 0.3) is 32.7 Å². The molecule has 108 heavy (non-hydrogen) atoms. The minimum Gasteiger partial charge on any atom is -0.486 e. The predicted molar refractivity (Wildman–Crippen MR) is 490 cm³/mol. The average molecular weight is 1500 g/mol. The maximum absolute atomic E-state index is 5.30. The zero-order valence-corrected chi connectivity index (χ0v) is 77.3. The molecule has 5 aromatic carbocycles. The number of para-hydroxylation sites is 5. The van der Waals surface area contributed by atoms with Crippen molar-refractivity contribution in [3.8, 4) is 11.5 Å². The zero-order chi connectivity index (χ0) is 85.5. The van der Waals surface area contributed by atoms with Crippen LogP contribution < -0.4 is 9.47 Å². The molecule has 0 saturated heterocycles. The van der Waals surface area contributed by atoms with Gasteiger partial charge in [0.1, 0.15) is 13.2 Å². The van der Waals surface area contributed by atoms with Gasteiger partial charge in [-0.15, -0.1) is 0 Å². The molecule has 0 amide bonds. The molecule has 0 aliphatic carbocycles. The summed E-state index contributed by atoms with van der Waals surface area (Å²) in [4.78, 5) is 7.97. The fourth-order valence-corrected chi connectivity index (χ4v) is 6.14. The molecule has 1 aliphatic rings. The Bertz CT molecular complexity index is 3040. The van der Waals surface area contributed by atoms with Gasteiger partial charge in [-0.3, -0.25) is 28.7 Å². The highest BCUT2D eigenvalue weighted by molar-refractivity contribution is 5.79. The molecule has 12 nitrogen and oxygen atoms in total. The maximum atomic E-state index is 5.30. The second-order valence-electron chi connectivity index (χ2n) is 25.7. The van der Waals surface area contributed by atoms with Crippen LogP contribution in [-0.2, 0) is 14.1 Å². The van der Waals surface area contributed by atoms with E-state index in [2.05, 4.69) is 219 Å². The Balaban J connectivity index is -0.000000120. The molecule has 0 atom stereocenters. The smallest absolute Gasteiger partial charge is 0.161 e. The summed E-state index contributed by atoms with van der Waals surface area (Å²) in [6.07, 6.45) is 16.5. The van der Waals surface area contributed by atoms with Gasteiger partial charge >= 0.3 is 0 Å². The van der Waals surface area contributed by atoms with E-state index < -0.39 is 0 Å². The maximum Gasteiger partial charge on any atom is 0.161 e. The molecule has 1 aliphatic heterocycles. The van der Waals surface area contributed by atoms with Crippen LogP contribution >= 0.6 is 0 Å². The van der Waals surface area contributed by atoms with Gasteiger partial charge in [-0.25, -0.2) is 0 Å². The van der Waals surface area contributed by atoms with Gasteiger partial charge < -0.3 is 9.47 Å². The van der Waals surface area contributed by atoms with Crippen LogP contribution in [0.4, 0.5) is 0 Å². The Morgan fingerprint density at radius 3 is 0.907 bits per heavy atom. The van der Waals surface area contributed by atoms with Gasteiger partial charge in [0, 0.05) is 85.7 Å². The molecule has 0 unspecified atom stereocenters. The van der Waals surface area contributed by atoms with Crippen molar-refractivity contribution in [2.24, 2.45) is 49.6 Å². The van der Waals surface area contributed by atoms with E-state index in [-0.39, 0.29) is 0 Å². The molecular weight excluding hydrogens is 1330 g/mol. The van der Waals surface area contributed by atoms with E-state index in [1.54, 1.807) is 29.5 Å². The zero-order valence-electron chi connectivity index (χ0n) is 77.3. The van der Waals surface area contributed by atoms with Crippen molar-refractivity contribution < 1.29 is 9.47 Å². The monoisotopic (exact) mass is 1500 g/mol. The van der Waals surface area contributed by atoms with Crippen molar-refractivity contribution in [1.29, 1.82) is 0 Å². The Morgan fingerprint density at radius 2 is 0.611 bits per heavy atom. The lowest BCUT2D eigenvalue weighted by molar-refractivity contribution is 0.171. The van der Waals surface area contributed by atoms with Crippen molar-refractivity contribution in [3.63, 3.8) is 0 Å². The number of ether oxygens (including phenoxy) is 2.